The Morgan fingerprint density at radius 1 is 0.923 bits per heavy atom. The second-order valence-corrected chi connectivity index (χ2v) is 9.16. The average Bonchev–Trinajstić information content (AvgIpc) is 3.17. The Kier molecular flexibility index (Phi) is 5.63. The van der Waals surface area contributed by atoms with Crippen LogP contribution in [-0.2, 0) is 4.79 Å². The maximum atomic E-state index is 13.4. The van der Waals surface area contributed by atoms with E-state index in [1.165, 1.54) is 75.5 Å². The number of nitrogens with zero attached hydrogens (tertiary/aromatic N) is 2. The molecule has 0 atom stereocenters. The van der Waals surface area contributed by atoms with Crippen LogP contribution in [0.5, 0.6) is 0 Å². The smallest absolute Gasteiger partial charge is 0.263 e. The number of amides is 2. The van der Waals surface area contributed by atoms with E-state index < -0.39 is 0 Å². The highest BCUT2D eigenvalue weighted by atomic mass is 32.1. The molecule has 3 fully saturated rings. The third kappa shape index (κ3) is 3.68. The minimum absolute atomic E-state index is 0.0164. The van der Waals surface area contributed by atoms with Gasteiger partial charge >= 0.3 is 0 Å². The standard InChI is InChI=1S/C21H30N2O2S/c24-20(16-14-22(15-16)21(25)19-12-7-13-26-19)23(17-8-3-1-4-9-17)18-10-5-2-6-11-18/h7,12-13,16-18H,1-6,8-11,14-15H2. The Hall–Kier alpha value is -1.36. The van der Waals surface area contributed by atoms with Crippen LogP contribution < -0.4 is 0 Å². The molecule has 2 amide bonds. The first-order valence-electron chi connectivity index (χ1n) is 10.4. The molecule has 0 aromatic carbocycles. The van der Waals surface area contributed by atoms with Crippen LogP contribution in [0.3, 0.4) is 0 Å². The van der Waals surface area contributed by atoms with Crippen LogP contribution in [0.15, 0.2) is 17.5 Å². The van der Waals surface area contributed by atoms with Gasteiger partial charge in [-0.15, -0.1) is 11.3 Å². The Balaban J connectivity index is 1.41. The van der Waals surface area contributed by atoms with Crippen molar-refractivity contribution in [1.29, 1.82) is 0 Å². The molecular formula is C21H30N2O2S. The van der Waals surface area contributed by atoms with Gasteiger partial charge in [-0.3, -0.25) is 9.59 Å². The van der Waals surface area contributed by atoms with Gasteiger partial charge in [-0.05, 0) is 37.1 Å². The molecule has 1 aromatic heterocycles. The van der Waals surface area contributed by atoms with Crippen molar-refractivity contribution in [2.45, 2.75) is 76.3 Å². The lowest BCUT2D eigenvalue weighted by Gasteiger charge is -2.47. The minimum atomic E-state index is 0.0164. The van der Waals surface area contributed by atoms with Crippen LogP contribution in [0.25, 0.3) is 0 Å². The molecule has 1 aromatic rings. The van der Waals surface area contributed by atoms with Gasteiger partial charge in [0.05, 0.1) is 10.8 Å². The van der Waals surface area contributed by atoms with E-state index in [9.17, 15) is 9.59 Å². The van der Waals surface area contributed by atoms with Crippen LogP contribution in [-0.4, -0.2) is 46.8 Å². The Morgan fingerprint density at radius 3 is 2.00 bits per heavy atom. The van der Waals surface area contributed by atoms with Gasteiger partial charge < -0.3 is 9.80 Å². The fourth-order valence-electron chi connectivity index (χ4n) is 4.94. The van der Waals surface area contributed by atoms with Gasteiger partial charge in [0.25, 0.3) is 5.91 Å². The lowest BCUT2D eigenvalue weighted by molar-refractivity contribution is -0.146. The lowest BCUT2D eigenvalue weighted by Crippen LogP contribution is -2.60. The maximum absolute atomic E-state index is 13.4. The minimum Gasteiger partial charge on any atom is -0.336 e. The third-order valence-electron chi connectivity index (χ3n) is 6.44. The molecule has 2 saturated carbocycles. The number of rotatable bonds is 4. The summed E-state index contributed by atoms with van der Waals surface area (Å²) in [5.41, 5.74) is 0. The van der Waals surface area contributed by atoms with Crippen LogP contribution in [0, 0.1) is 5.92 Å². The highest BCUT2D eigenvalue weighted by molar-refractivity contribution is 7.12. The van der Waals surface area contributed by atoms with E-state index >= 15 is 0 Å². The summed E-state index contributed by atoms with van der Waals surface area (Å²) in [4.78, 5) is 30.7. The molecule has 1 saturated heterocycles. The van der Waals surface area contributed by atoms with Gasteiger partial charge in [-0.1, -0.05) is 44.6 Å². The van der Waals surface area contributed by atoms with Crippen molar-refractivity contribution in [1.82, 2.24) is 9.80 Å². The summed E-state index contributed by atoms with van der Waals surface area (Å²) in [7, 11) is 0. The molecule has 5 heteroatoms. The second kappa shape index (κ2) is 8.12. The van der Waals surface area contributed by atoms with Crippen molar-refractivity contribution in [2.24, 2.45) is 5.92 Å². The molecule has 142 valence electrons. The molecule has 0 N–H and O–H groups in total. The van der Waals surface area contributed by atoms with Crippen molar-refractivity contribution >= 4 is 23.2 Å². The first-order valence-corrected chi connectivity index (χ1v) is 11.3. The SMILES string of the molecule is O=C(c1cccs1)N1CC(C(=O)N(C2CCCCC2)C2CCCCC2)C1. The number of likely N-dealkylation sites (tertiary alicyclic amines) is 1. The van der Waals surface area contributed by atoms with Crippen LogP contribution in [0.2, 0.25) is 0 Å². The summed E-state index contributed by atoms with van der Waals surface area (Å²) < 4.78 is 0. The molecule has 0 unspecified atom stereocenters. The van der Waals surface area contributed by atoms with Crippen molar-refractivity contribution in [3.8, 4) is 0 Å². The zero-order valence-corrected chi connectivity index (χ0v) is 16.4. The van der Waals surface area contributed by atoms with Crippen molar-refractivity contribution in [3.63, 3.8) is 0 Å². The van der Waals surface area contributed by atoms with Gasteiger partial charge in [0.15, 0.2) is 0 Å². The van der Waals surface area contributed by atoms with Crippen molar-refractivity contribution in [2.75, 3.05) is 13.1 Å². The summed E-state index contributed by atoms with van der Waals surface area (Å²) in [5, 5.41) is 1.93. The largest absolute Gasteiger partial charge is 0.336 e. The van der Waals surface area contributed by atoms with Crippen molar-refractivity contribution in [3.05, 3.63) is 22.4 Å². The first kappa shape index (κ1) is 18.0. The van der Waals surface area contributed by atoms with E-state index in [1.807, 2.05) is 22.4 Å². The van der Waals surface area contributed by atoms with Crippen LogP contribution in [0.1, 0.15) is 73.9 Å². The molecule has 0 spiro atoms. The lowest BCUT2D eigenvalue weighted by atomic mass is 9.86. The van der Waals surface area contributed by atoms with Gasteiger partial charge in [0.2, 0.25) is 5.91 Å². The molecule has 4 nitrogen and oxygen atoms in total. The fraction of sp³-hybridized carbons (Fsp3) is 0.714. The number of hydrogen-bond donors (Lipinski definition) is 0. The zero-order valence-electron chi connectivity index (χ0n) is 15.6. The second-order valence-electron chi connectivity index (χ2n) is 8.21. The number of carbonyl (C=O) groups excluding carboxylic acids is 2. The molecule has 0 radical (unpaired) electrons. The van der Waals surface area contributed by atoms with E-state index in [-0.39, 0.29) is 11.8 Å². The van der Waals surface area contributed by atoms with Gasteiger partial charge in [0, 0.05) is 25.2 Å². The Morgan fingerprint density at radius 2 is 1.50 bits per heavy atom. The van der Waals surface area contributed by atoms with Gasteiger partial charge in [0.1, 0.15) is 0 Å². The Labute approximate surface area is 160 Å². The van der Waals surface area contributed by atoms with Gasteiger partial charge in [-0.2, -0.15) is 0 Å². The summed E-state index contributed by atoms with van der Waals surface area (Å²) in [5.74, 6) is 0.438. The predicted octanol–water partition coefficient (Wildman–Crippen LogP) is 4.31. The topological polar surface area (TPSA) is 40.6 Å². The third-order valence-corrected chi connectivity index (χ3v) is 7.30. The van der Waals surface area contributed by atoms with E-state index in [1.54, 1.807) is 0 Å². The summed E-state index contributed by atoms with van der Waals surface area (Å²) >= 11 is 1.48. The molecule has 26 heavy (non-hydrogen) atoms. The normalized spacial score (nSPS) is 22.8. The molecule has 2 aliphatic carbocycles. The summed E-state index contributed by atoms with van der Waals surface area (Å²) in [6.45, 7) is 1.21. The highest BCUT2D eigenvalue weighted by Crippen LogP contribution is 2.33. The zero-order chi connectivity index (χ0) is 17.9. The number of carbonyl (C=O) groups is 2. The molecule has 4 rings (SSSR count). The summed E-state index contributed by atoms with van der Waals surface area (Å²) in [6.07, 6.45) is 12.4. The molecule has 0 bridgehead atoms. The van der Waals surface area contributed by atoms with E-state index in [4.69, 9.17) is 0 Å². The van der Waals surface area contributed by atoms with Crippen LogP contribution in [0.4, 0.5) is 0 Å². The molecular weight excluding hydrogens is 344 g/mol. The summed E-state index contributed by atoms with van der Waals surface area (Å²) in [6, 6.07) is 4.68. The first-order chi connectivity index (χ1) is 12.7. The number of hydrogen-bond acceptors (Lipinski definition) is 3. The van der Waals surface area contributed by atoms with E-state index in [0.717, 1.165) is 4.88 Å². The van der Waals surface area contributed by atoms with Crippen molar-refractivity contribution < 1.29 is 9.59 Å². The number of thiophene rings is 1. The monoisotopic (exact) mass is 374 g/mol. The van der Waals surface area contributed by atoms with Crippen LogP contribution >= 0.6 is 11.3 Å². The van der Waals surface area contributed by atoms with E-state index in [2.05, 4.69) is 4.90 Å². The highest BCUT2D eigenvalue weighted by Gasteiger charge is 2.42. The molecule has 2 heterocycles. The average molecular weight is 375 g/mol. The van der Waals surface area contributed by atoms with E-state index in [0.29, 0.717) is 31.1 Å². The quantitative estimate of drug-likeness (QED) is 0.788. The molecule has 3 aliphatic rings. The molecule has 1 aliphatic heterocycles. The maximum Gasteiger partial charge on any atom is 0.263 e. The van der Waals surface area contributed by atoms with Gasteiger partial charge in [-0.25, -0.2) is 0 Å². The Bertz CT molecular complexity index is 594. The fourth-order valence-corrected chi connectivity index (χ4v) is 5.63. The predicted molar refractivity (Wildman–Crippen MR) is 104 cm³/mol.